The van der Waals surface area contributed by atoms with Crippen molar-refractivity contribution in [1.82, 2.24) is 25.0 Å². The van der Waals surface area contributed by atoms with E-state index >= 15 is 0 Å². The molecule has 3 N–H and O–H groups in total. The number of nitrogens with two attached hydrogens (primary N) is 1. The first-order valence-corrected chi connectivity index (χ1v) is 10.1. The van der Waals surface area contributed by atoms with Gasteiger partial charge < -0.3 is 5.73 Å². The zero-order chi connectivity index (χ0) is 22.4. The van der Waals surface area contributed by atoms with Crippen molar-refractivity contribution in [3.8, 4) is 22.5 Å². The first-order valence-electron chi connectivity index (χ1n) is 10.1. The Morgan fingerprint density at radius 1 is 1.09 bits per heavy atom. The molecule has 3 heterocycles. The second-order valence-corrected chi connectivity index (χ2v) is 7.64. The predicted octanol–water partition coefficient (Wildman–Crippen LogP) is 4.11. The largest absolute Gasteiger partial charge is 0.323 e. The first-order chi connectivity index (χ1) is 15.5. The number of nitrogens with zero attached hydrogens (tertiary/aromatic N) is 5. The SMILES string of the molecule is [C-]#[N+]c1c(-c2c(-c3ccc4c(=O)[nH]nc([C@H](C)N)c4n3)cnn2C)ccc2ccccc12. The topological polar surface area (TPSA) is 107 Å². The smallest absolute Gasteiger partial charge is 0.273 e. The molecule has 32 heavy (non-hydrogen) atoms. The van der Waals surface area contributed by atoms with Crippen LogP contribution in [0.5, 0.6) is 0 Å². The van der Waals surface area contributed by atoms with E-state index in [1.807, 2.05) is 43.4 Å². The number of nitrogens with one attached hydrogen (secondary N) is 1. The second-order valence-electron chi connectivity index (χ2n) is 7.64. The quantitative estimate of drug-likeness (QED) is 0.426. The van der Waals surface area contributed by atoms with Gasteiger partial charge in [-0.3, -0.25) is 9.48 Å². The van der Waals surface area contributed by atoms with E-state index in [9.17, 15) is 4.79 Å². The van der Waals surface area contributed by atoms with Gasteiger partial charge in [-0.2, -0.15) is 10.2 Å². The van der Waals surface area contributed by atoms with Gasteiger partial charge in [0, 0.05) is 24.2 Å². The molecule has 2 aromatic carbocycles. The van der Waals surface area contributed by atoms with Crippen LogP contribution in [0, 0.1) is 6.57 Å². The maximum atomic E-state index is 12.3. The Hall–Kier alpha value is -4.35. The summed E-state index contributed by atoms with van der Waals surface area (Å²) < 4.78 is 1.74. The number of aromatic nitrogens is 5. The maximum Gasteiger partial charge on any atom is 0.273 e. The Kier molecular flexibility index (Phi) is 4.54. The molecule has 0 aliphatic rings. The van der Waals surface area contributed by atoms with E-state index in [2.05, 4.69) is 20.1 Å². The van der Waals surface area contributed by atoms with E-state index in [0.29, 0.717) is 28.0 Å². The number of benzene rings is 2. The highest BCUT2D eigenvalue weighted by Gasteiger charge is 2.20. The van der Waals surface area contributed by atoms with Crippen molar-refractivity contribution in [1.29, 1.82) is 0 Å². The molecule has 8 nitrogen and oxygen atoms in total. The second kappa shape index (κ2) is 7.41. The summed E-state index contributed by atoms with van der Waals surface area (Å²) in [5.41, 5.74) is 10.2. The minimum Gasteiger partial charge on any atom is -0.323 e. The van der Waals surface area contributed by atoms with E-state index in [4.69, 9.17) is 17.3 Å². The van der Waals surface area contributed by atoms with Gasteiger partial charge in [0.1, 0.15) is 11.2 Å². The summed E-state index contributed by atoms with van der Waals surface area (Å²) in [6.45, 7) is 9.63. The van der Waals surface area contributed by atoms with Crippen molar-refractivity contribution < 1.29 is 0 Å². The number of aryl methyl sites for hydroxylation is 1. The fourth-order valence-electron chi connectivity index (χ4n) is 4.04. The summed E-state index contributed by atoms with van der Waals surface area (Å²) in [5, 5.41) is 13.3. The van der Waals surface area contributed by atoms with Crippen molar-refractivity contribution in [2.24, 2.45) is 12.8 Å². The molecule has 0 aliphatic carbocycles. The Morgan fingerprint density at radius 2 is 1.91 bits per heavy atom. The van der Waals surface area contributed by atoms with Crippen LogP contribution in [0.3, 0.4) is 0 Å². The molecule has 5 rings (SSSR count). The summed E-state index contributed by atoms with van der Waals surface area (Å²) in [7, 11) is 1.84. The summed E-state index contributed by atoms with van der Waals surface area (Å²) >= 11 is 0. The lowest BCUT2D eigenvalue weighted by atomic mass is 9.98. The molecule has 3 aromatic heterocycles. The Bertz CT molecular complexity index is 1610. The lowest BCUT2D eigenvalue weighted by Gasteiger charge is -2.12. The summed E-state index contributed by atoms with van der Waals surface area (Å²) in [5.74, 6) is 0. The van der Waals surface area contributed by atoms with Gasteiger partial charge in [0.05, 0.1) is 29.5 Å². The lowest BCUT2D eigenvalue weighted by molar-refractivity contribution is 0.756. The molecule has 0 bridgehead atoms. The third kappa shape index (κ3) is 2.95. The number of fused-ring (bicyclic) bond motifs is 2. The van der Waals surface area contributed by atoms with Crippen LogP contribution >= 0.6 is 0 Å². The summed E-state index contributed by atoms with van der Waals surface area (Å²) in [4.78, 5) is 20.9. The number of H-pyrrole nitrogens is 1. The van der Waals surface area contributed by atoms with Gasteiger partial charge in [0.2, 0.25) is 5.69 Å². The number of pyridine rings is 1. The lowest BCUT2D eigenvalue weighted by Crippen LogP contribution is -2.17. The molecule has 1 atom stereocenters. The van der Waals surface area contributed by atoms with E-state index in [1.54, 1.807) is 29.9 Å². The Balaban J connectivity index is 1.79. The van der Waals surface area contributed by atoms with Crippen molar-refractivity contribution in [2.45, 2.75) is 13.0 Å². The molecule has 0 saturated carbocycles. The highest BCUT2D eigenvalue weighted by atomic mass is 16.1. The van der Waals surface area contributed by atoms with E-state index in [0.717, 1.165) is 27.6 Å². The number of hydrogen-bond donors (Lipinski definition) is 2. The standard InChI is InChI=1S/C24H19N7O/c1-13(25)20-22-17(24(32)30-29-20)10-11-19(28-22)18-12-27-31(3)23(18)16-9-8-14-6-4-5-7-15(14)21(16)26-2/h4-13H,25H2,1,3H3,(H,30,32)/t13-/m0/s1. The van der Waals surface area contributed by atoms with Crippen LogP contribution < -0.4 is 11.3 Å². The molecule has 8 heteroatoms. The maximum absolute atomic E-state index is 12.3. The number of hydrogen-bond acceptors (Lipinski definition) is 5. The van der Waals surface area contributed by atoms with Gasteiger partial charge in [0.15, 0.2) is 0 Å². The molecule has 0 amide bonds. The van der Waals surface area contributed by atoms with Crippen LogP contribution in [-0.2, 0) is 7.05 Å². The van der Waals surface area contributed by atoms with Gasteiger partial charge in [-0.1, -0.05) is 36.4 Å². The van der Waals surface area contributed by atoms with Crippen LogP contribution in [0.15, 0.2) is 59.5 Å². The minimum atomic E-state index is -0.403. The third-order valence-electron chi connectivity index (χ3n) is 5.57. The third-order valence-corrected chi connectivity index (χ3v) is 5.57. The van der Waals surface area contributed by atoms with Crippen molar-refractivity contribution in [2.75, 3.05) is 0 Å². The van der Waals surface area contributed by atoms with Gasteiger partial charge >= 0.3 is 0 Å². The zero-order valence-corrected chi connectivity index (χ0v) is 17.5. The fourth-order valence-corrected chi connectivity index (χ4v) is 4.04. The number of rotatable bonds is 3. The molecule has 0 aliphatic heterocycles. The van der Waals surface area contributed by atoms with Gasteiger partial charge in [-0.25, -0.2) is 14.9 Å². The molecule has 0 unspecified atom stereocenters. The van der Waals surface area contributed by atoms with Crippen LogP contribution in [-0.4, -0.2) is 25.0 Å². The molecule has 5 aromatic rings. The Morgan fingerprint density at radius 3 is 2.69 bits per heavy atom. The van der Waals surface area contributed by atoms with E-state index < -0.39 is 6.04 Å². The molecule has 0 fully saturated rings. The van der Waals surface area contributed by atoms with E-state index in [1.165, 1.54) is 0 Å². The molecular formula is C24H19N7O. The van der Waals surface area contributed by atoms with Crippen LogP contribution in [0.25, 0.3) is 49.0 Å². The van der Waals surface area contributed by atoms with Crippen LogP contribution in [0.4, 0.5) is 5.69 Å². The average Bonchev–Trinajstić information content (AvgIpc) is 3.19. The molecule has 0 saturated heterocycles. The van der Waals surface area contributed by atoms with Gasteiger partial charge in [-0.05, 0) is 29.8 Å². The molecule has 0 radical (unpaired) electrons. The Labute approximate surface area is 183 Å². The minimum absolute atomic E-state index is 0.320. The fraction of sp³-hybridized carbons (Fsp3) is 0.125. The summed E-state index contributed by atoms with van der Waals surface area (Å²) in [6, 6.07) is 14.9. The van der Waals surface area contributed by atoms with Crippen LogP contribution in [0.2, 0.25) is 0 Å². The predicted molar refractivity (Wildman–Crippen MR) is 124 cm³/mol. The van der Waals surface area contributed by atoms with E-state index in [-0.39, 0.29) is 5.56 Å². The average molecular weight is 421 g/mol. The summed E-state index contributed by atoms with van der Waals surface area (Å²) in [6.07, 6.45) is 1.72. The highest BCUT2D eigenvalue weighted by molar-refractivity contribution is 6.03. The van der Waals surface area contributed by atoms with Gasteiger partial charge in [-0.15, -0.1) is 0 Å². The van der Waals surface area contributed by atoms with Crippen molar-refractivity contribution in [3.05, 3.63) is 82.2 Å². The van der Waals surface area contributed by atoms with Crippen molar-refractivity contribution in [3.63, 3.8) is 0 Å². The first kappa shape index (κ1) is 19.6. The molecule has 0 spiro atoms. The zero-order valence-electron chi connectivity index (χ0n) is 17.5. The normalized spacial score (nSPS) is 12.2. The van der Waals surface area contributed by atoms with Crippen molar-refractivity contribution >= 4 is 27.4 Å². The van der Waals surface area contributed by atoms with Gasteiger partial charge in [0.25, 0.3) is 5.56 Å². The number of aromatic amines is 1. The molecular weight excluding hydrogens is 402 g/mol. The monoisotopic (exact) mass is 421 g/mol. The molecule has 156 valence electrons. The van der Waals surface area contributed by atoms with Crippen LogP contribution in [0.1, 0.15) is 18.7 Å². The highest BCUT2D eigenvalue weighted by Crippen LogP contribution is 2.41.